The van der Waals surface area contributed by atoms with Gasteiger partial charge in [-0.1, -0.05) is 11.6 Å². The number of fused-ring (bicyclic) bond motifs is 3. The lowest BCUT2D eigenvalue weighted by molar-refractivity contribution is -0.00157. The molecule has 1 saturated heterocycles. The van der Waals surface area contributed by atoms with Crippen molar-refractivity contribution in [2.24, 2.45) is 0 Å². The van der Waals surface area contributed by atoms with E-state index < -0.39 is 12.2 Å². The van der Waals surface area contributed by atoms with E-state index in [1.807, 2.05) is 18.2 Å². The first kappa shape index (κ1) is 12.0. The van der Waals surface area contributed by atoms with Gasteiger partial charge in [0.25, 0.3) is 0 Å². The van der Waals surface area contributed by atoms with E-state index >= 15 is 0 Å². The highest BCUT2D eigenvalue weighted by atomic mass is 16.7. The van der Waals surface area contributed by atoms with Crippen molar-refractivity contribution in [3.8, 4) is 11.5 Å². The van der Waals surface area contributed by atoms with E-state index in [0.29, 0.717) is 0 Å². The molecule has 0 spiro atoms. The molecule has 1 fully saturated rings. The SMILES string of the molecule is O[C@@H]1[C@H]2c3cc4c(cc3CN3CCC(=C[C@@H]1O)[C@@H]23)OCO4. The third-order valence-corrected chi connectivity index (χ3v) is 5.27. The topological polar surface area (TPSA) is 62.2 Å². The lowest BCUT2D eigenvalue weighted by Crippen LogP contribution is -2.49. The summed E-state index contributed by atoms with van der Waals surface area (Å²) >= 11 is 0. The molecule has 2 N–H and O–H groups in total. The molecular formula is C16H17NO4. The fraction of sp³-hybridized carbons (Fsp3) is 0.500. The second-order valence-electron chi connectivity index (χ2n) is 6.32. The van der Waals surface area contributed by atoms with Crippen LogP contribution in [0.5, 0.6) is 11.5 Å². The quantitative estimate of drug-likeness (QED) is 0.690. The molecule has 0 radical (unpaired) electrons. The molecule has 1 aromatic carbocycles. The lowest BCUT2D eigenvalue weighted by atomic mass is 9.73. The van der Waals surface area contributed by atoms with Gasteiger partial charge in [0.1, 0.15) is 0 Å². The molecule has 0 amide bonds. The molecule has 1 aliphatic carbocycles. The van der Waals surface area contributed by atoms with Crippen molar-refractivity contribution < 1.29 is 19.7 Å². The molecule has 5 rings (SSSR count). The average molecular weight is 287 g/mol. The van der Waals surface area contributed by atoms with Crippen LogP contribution >= 0.6 is 0 Å². The van der Waals surface area contributed by atoms with Crippen molar-refractivity contribution in [1.29, 1.82) is 0 Å². The zero-order valence-corrected chi connectivity index (χ0v) is 11.5. The highest BCUT2D eigenvalue weighted by Gasteiger charge is 2.48. The molecule has 0 bridgehead atoms. The van der Waals surface area contributed by atoms with Crippen molar-refractivity contribution in [1.82, 2.24) is 4.90 Å². The summed E-state index contributed by atoms with van der Waals surface area (Å²) in [6.45, 7) is 2.11. The molecule has 4 atom stereocenters. The van der Waals surface area contributed by atoms with E-state index in [2.05, 4.69) is 4.90 Å². The lowest BCUT2D eigenvalue weighted by Gasteiger charge is -2.44. The number of benzene rings is 1. The summed E-state index contributed by atoms with van der Waals surface area (Å²) in [7, 11) is 0. The number of hydrogen-bond donors (Lipinski definition) is 2. The Morgan fingerprint density at radius 2 is 1.95 bits per heavy atom. The van der Waals surface area contributed by atoms with Gasteiger partial charge in [0.05, 0.1) is 12.2 Å². The smallest absolute Gasteiger partial charge is 0.231 e. The van der Waals surface area contributed by atoms with Gasteiger partial charge < -0.3 is 19.7 Å². The van der Waals surface area contributed by atoms with Crippen LogP contribution < -0.4 is 9.47 Å². The maximum absolute atomic E-state index is 10.5. The van der Waals surface area contributed by atoms with Gasteiger partial charge in [-0.2, -0.15) is 0 Å². The first-order chi connectivity index (χ1) is 10.2. The van der Waals surface area contributed by atoms with Crippen LogP contribution in [0.4, 0.5) is 0 Å². The van der Waals surface area contributed by atoms with E-state index in [1.54, 1.807) is 0 Å². The van der Waals surface area contributed by atoms with Crippen LogP contribution in [0.25, 0.3) is 0 Å². The zero-order valence-electron chi connectivity index (χ0n) is 11.5. The molecule has 5 heteroatoms. The molecule has 21 heavy (non-hydrogen) atoms. The van der Waals surface area contributed by atoms with Crippen molar-refractivity contribution in [3.63, 3.8) is 0 Å². The van der Waals surface area contributed by atoms with Gasteiger partial charge in [0.2, 0.25) is 6.79 Å². The summed E-state index contributed by atoms with van der Waals surface area (Å²) in [6.07, 6.45) is 1.28. The second-order valence-corrected chi connectivity index (χ2v) is 6.32. The van der Waals surface area contributed by atoms with Crippen LogP contribution in [0.2, 0.25) is 0 Å². The number of ether oxygens (including phenoxy) is 2. The Balaban J connectivity index is 1.70. The largest absolute Gasteiger partial charge is 0.454 e. The minimum atomic E-state index is -0.780. The molecule has 0 aromatic heterocycles. The van der Waals surface area contributed by atoms with Crippen molar-refractivity contribution in [2.45, 2.75) is 37.1 Å². The molecule has 4 aliphatic rings. The highest BCUT2D eigenvalue weighted by molar-refractivity contribution is 5.53. The third-order valence-electron chi connectivity index (χ3n) is 5.27. The first-order valence-electron chi connectivity index (χ1n) is 7.45. The summed E-state index contributed by atoms with van der Waals surface area (Å²) in [5.74, 6) is 1.45. The van der Waals surface area contributed by atoms with Crippen LogP contribution in [0.3, 0.4) is 0 Å². The molecule has 1 aromatic rings. The summed E-state index contributed by atoms with van der Waals surface area (Å²) in [5.41, 5.74) is 3.54. The summed E-state index contributed by atoms with van der Waals surface area (Å²) in [4.78, 5) is 2.40. The van der Waals surface area contributed by atoms with Crippen LogP contribution in [-0.2, 0) is 6.54 Å². The molecule has 5 nitrogen and oxygen atoms in total. The van der Waals surface area contributed by atoms with Crippen LogP contribution in [-0.4, -0.2) is 46.7 Å². The molecule has 0 unspecified atom stereocenters. The molecule has 0 saturated carbocycles. The maximum Gasteiger partial charge on any atom is 0.231 e. The summed E-state index contributed by atoms with van der Waals surface area (Å²) in [5, 5.41) is 20.7. The Labute approximate surface area is 122 Å². The van der Waals surface area contributed by atoms with Crippen molar-refractivity contribution in [3.05, 3.63) is 34.9 Å². The number of aliphatic hydroxyl groups excluding tert-OH is 2. The number of nitrogens with zero attached hydrogens (tertiary/aromatic N) is 1. The number of aliphatic hydroxyl groups is 2. The van der Waals surface area contributed by atoms with E-state index in [4.69, 9.17) is 9.47 Å². The van der Waals surface area contributed by atoms with Crippen LogP contribution in [0.1, 0.15) is 23.5 Å². The van der Waals surface area contributed by atoms with Crippen molar-refractivity contribution >= 4 is 0 Å². The highest BCUT2D eigenvalue weighted by Crippen LogP contribution is 2.49. The van der Waals surface area contributed by atoms with E-state index in [9.17, 15) is 10.2 Å². The summed E-state index contributed by atoms with van der Waals surface area (Å²) in [6, 6.07) is 4.25. The van der Waals surface area contributed by atoms with E-state index in [-0.39, 0.29) is 18.8 Å². The molecule has 3 heterocycles. The first-order valence-corrected chi connectivity index (χ1v) is 7.45. The number of rotatable bonds is 0. The number of hydrogen-bond acceptors (Lipinski definition) is 5. The third kappa shape index (κ3) is 1.51. The standard InChI is InChI=1S/C16H17NO4/c18-11-3-8-1-2-17-6-9-4-12-13(21-7-20-12)5-10(9)14(15(8)17)16(11)19/h3-5,11,14-16,18-19H,1-2,6-7H2/t11-,14-,15-,16-/m0/s1. The Morgan fingerprint density at radius 1 is 1.14 bits per heavy atom. The minimum absolute atomic E-state index is 0.0826. The molecular weight excluding hydrogens is 270 g/mol. The van der Waals surface area contributed by atoms with Gasteiger partial charge in [-0.15, -0.1) is 0 Å². The Bertz CT molecular complexity index is 656. The van der Waals surface area contributed by atoms with Gasteiger partial charge in [-0.25, -0.2) is 0 Å². The van der Waals surface area contributed by atoms with Gasteiger partial charge >= 0.3 is 0 Å². The Hall–Kier alpha value is -1.56. The van der Waals surface area contributed by atoms with Crippen molar-refractivity contribution in [2.75, 3.05) is 13.3 Å². The second kappa shape index (κ2) is 4.00. The predicted octanol–water partition coefficient (Wildman–Crippen LogP) is 0.749. The van der Waals surface area contributed by atoms with E-state index in [1.165, 1.54) is 11.1 Å². The fourth-order valence-electron chi connectivity index (χ4n) is 4.35. The Morgan fingerprint density at radius 3 is 2.81 bits per heavy atom. The monoisotopic (exact) mass is 287 g/mol. The van der Waals surface area contributed by atoms with Gasteiger partial charge in [-0.3, -0.25) is 4.90 Å². The normalized spacial score (nSPS) is 36.2. The molecule has 3 aliphatic heterocycles. The van der Waals surface area contributed by atoms with E-state index in [0.717, 1.165) is 36.6 Å². The van der Waals surface area contributed by atoms with Crippen LogP contribution in [0, 0.1) is 0 Å². The predicted molar refractivity (Wildman–Crippen MR) is 74.2 cm³/mol. The van der Waals surface area contributed by atoms with Gasteiger partial charge in [0, 0.05) is 25.0 Å². The molecule has 110 valence electrons. The average Bonchev–Trinajstić information content (AvgIpc) is 3.08. The van der Waals surface area contributed by atoms with Gasteiger partial charge in [-0.05, 0) is 29.7 Å². The zero-order chi connectivity index (χ0) is 14.1. The Kier molecular flexibility index (Phi) is 2.29. The van der Waals surface area contributed by atoms with Crippen LogP contribution in [0.15, 0.2) is 23.8 Å². The van der Waals surface area contributed by atoms with Gasteiger partial charge in [0.15, 0.2) is 11.5 Å². The summed E-state index contributed by atoms with van der Waals surface area (Å²) < 4.78 is 10.9. The minimum Gasteiger partial charge on any atom is -0.454 e. The maximum atomic E-state index is 10.5. The fourth-order valence-corrected chi connectivity index (χ4v) is 4.35.